The van der Waals surface area contributed by atoms with Gasteiger partial charge in [-0.05, 0) is 46.6 Å². The highest BCUT2D eigenvalue weighted by molar-refractivity contribution is 9.10. The molecule has 2 amide bonds. The van der Waals surface area contributed by atoms with E-state index in [-0.39, 0.29) is 23.7 Å². The van der Waals surface area contributed by atoms with Crippen LogP contribution in [0.15, 0.2) is 40.2 Å². The van der Waals surface area contributed by atoms with Crippen molar-refractivity contribution < 1.29 is 14.0 Å². The Labute approximate surface area is 193 Å². The van der Waals surface area contributed by atoms with Gasteiger partial charge in [0.15, 0.2) is 0 Å². The minimum absolute atomic E-state index is 0.113. The van der Waals surface area contributed by atoms with Crippen LogP contribution in [0.3, 0.4) is 0 Å². The van der Waals surface area contributed by atoms with Crippen LogP contribution in [0.1, 0.15) is 25.2 Å². The maximum absolute atomic E-state index is 13.3. The molecule has 10 heteroatoms. The van der Waals surface area contributed by atoms with Gasteiger partial charge in [-0.15, -0.1) is 34.4 Å². The van der Waals surface area contributed by atoms with Crippen molar-refractivity contribution in [2.75, 3.05) is 18.2 Å². The number of benzene rings is 1. The summed E-state index contributed by atoms with van der Waals surface area (Å²) in [7, 11) is 0. The number of carbonyl (C=O) groups is 2. The summed E-state index contributed by atoms with van der Waals surface area (Å²) in [5.74, 6) is 0.657. The SMILES string of the molecule is Cc1nc(C(=O)N2CSC[C@H]2CNC(=O)c2cc(Br)cs2)c(-c2ccc(F)cc2)s1. The summed E-state index contributed by atoms with van der Waals surface area (Å²) in [4.78, 5) is 33.3. The summed E-state index contributed by atoms with van der Waals surface area (Å²) in [5.41, 5.74) is 1.15. The first-order valence-electron chi connectivity index (χ1n) is 9.06. The largest absolute Gasteiger partial charge is 0.349 e. The summed E-state index contributed by atoms with van der Waals surface area (Å²) in [6.07, 6.45) is 0. The number of amides is 2. The molecule has 0 radical (unpaired) electrons. The fraction of sp³-hybridized carbons (Fsp3) is 0.250. The normalized spacial score (nSPS) is 16.1. The summed E-state index contributed by atoms with van der Waals surface area (Å²) >= 11 is 7.79. The molecule has 30 heavy (non-hydrogen) atoms. The van der Waals surface area contributed by atoms with Gasteiger partial charge in [0.1, 0.15) is 11.5 Å². The second-order valence-corrected chi connectivity index (χ2v) is 10.7. The molecular formula is C20H17BrFN3O2S3. The minimum Gasteiger partial charge on any atom is -0.349 e. The molecule has 1 fully saturated rings. The third-order valence-electron chi connectivity index (χ3n) is 4.57. The Kier molecular flexibility index (Phi) is 6.57. The second kappa shape index (κ2) is 9.17. The van der Waals surface area contributed by atoms with E-state index in [4.69, 9.17) is 0 Å². The molecule has 0 saturated carbocycles. The van der Waals surface area contributed by atoms with E-state index >= 15 is 0 Å². The fourth-order valence-corrected chi connectivity index (χ4v) is 6.57. The predicted octanol–water partition coefficient (Wildman–Crippen LogP) is 5.03. The highest BCUT2D eigenvalue weighted by Crippen LogP contribution is 2.33. The van der Waals surface area contributed by atoms with E-state index in [9.17, 15) is 14.0 Å². The molecule has 0 unspecified atom stereocenters. The van der Waals surface area contributed by atoms with E-state index in [1.807, 2.05) is 12.3 Å². The molecule has 1 N–H and O–H groups in total. The zero-order chi connectivity index (χ0) is 21.3. The van der Waals surface area contributed by atoms with Crippen LogP contribution < -0.4 is 5.32 Å². The Balaban J connectivity index is 1.50. The summed E-state index contributed by atoms with van der Waals surface area (Å²) in [6, 6.07) is 7.75. The molecule has 1 aromatic carbocycles. The number of thiazole rings is 1. The Morgan fingerprint density at radius 3 is 2.80 bits per heavy atom. The van der Waals surface area contributed by atoms with Crippen LogP contribution in [-0.2, 0) is 0 Å². The average molecular weight is 526 g/mol. The smallest absolute Gasteiger partial charge is 0.275 e. The standard InChI is InChI=1S/C20H17BrFN3O2S3/c1-11-24-17(18(30-11)12-2-4-14(22)5-3-12)20(27)25-10-28-9-15(25)7-23-19(26)16-6-13(21)8-29-16/h2-6,8,15H,7,9-10H2,1H3,(H,23,26)/t15-/m1/s1. The molecule has 0 aliphatic carbocycles. The Morgan fingerprint density at radius 1 is 1.33 bits per heavy atom. The second-order valence-electron chi connectivity index (χ2n) is 6.69. The van der Waals surface area contributed by atoms with Gasteiger partial charge in [-0.25, -0.2) is 9.37 Å². The number of thiophene rings is 1. The summed E-state index contributed by atoms with van der Waals surface area (Å²) in [6.45, 7) is 2.23. The lowest BCUT2D eigenvalue weighted by atomic mass is 10.1. The van der Waals surface area contributed by atoms with Crippen LogP contribution in [0.4, 0.5) is 4.39 Å². The van der Waals surface area contributed by atoms with Gasteiger partial charge in [-0.3, -0.25) is 9.59 Å². The number of nitrogens with one attached hydrogen (secondary N) is 1. The molecule has 4 rings (SSSR count). The molecule has 156 valence electrons. The number of aromatic nitrogens is 1. The monoisotopic (exact) mass is 525 g/mol. The van der Waals surface area contributed by atoms with Crippen molar-refractivity contribution in [1.29, 1.82) is 0 Å². The number of aryl methyl sites for hydroxylation is 1. The third-order valence-corrected chi connectivity index (χ3v) is 8.37. The van der Waals surface area contributed by atoms with Gasteiger partial charge in [0.05, 0.1) is 26.7 Å². The first-order chi connectivity index (χ1) is 14.4. The molecule has 1 atom stereocenters. The Morgan fingerprint density at radius 2 is 2.10 bits per heavy atom. The minimum atomic E-state index is -0.322. The highest BCUT2D eigenvalue weighted by atomic mass is 79.9. The van der Waals surface area contributed by atoms with Gasteiger partial charge in [-0.1, -0.05) is 12.1 Å². The molecule has 3 heterocycles. The molecular weight excluding hydrogens is 509 g/mol. The quantitative estimate of drug-likeness (QED) is 0.507. The van der Waals surface area contributed by atoms with Crippen molar-refractivity contribution in [3.8, 4) is 10.4 Å². The van der Waals surface area contributed by atoms with Gasteiger partial charge >= 0.3 is 0 Å². The molecule has 2 aromatic heterocycles. The summed E-state index contributed by atoms with van der Waals surface area (Å²) < 4.78 is 14.2. The van der Waals surface area contributed by atoms with Gasteiger partial charge in [0, 0.05) is 22.2 Å². The van der Waals surface area contributed by atoms with Crippen LogP contribution in [0, 0.1) is 12.7 Å². The zero-order valence-electron chi connectivity index (χ0n) is 15.9. The first-order valence-corrected chi connectivity index (χ1v) is 12.7. The van der Waals surface area contributed by atoms with Crippen molar-refractivity contribution in [1.82, 2.24) is 15.2 Å². The van der Waals surface area contributed by atoms with Crippen molar-refractivity contribution in [3.63, 3.8) is 0 Å². The molecule has 3 aromatic rings. The van der Waals surface area contributed by atoms with E-state index < -0.39 is 0 Å². The molecule has 1 saturated heterocycles. The van der Waals surface area contributed by atoms with Crippen molar-refractivity contribution >= 4 is 62.2 Å². The number of hydrogen-bond acceptors (Lipinski definition) is 6. The van der Waals surface area contributed by atoms with Crippen LogP contribution >= 0.6 is 50.4 Å². The van der Waals surface area contributed by atoms with Gasteiger partial charge in [0.25, 0.3) is 11.8 Å². The molecule has 5 nitrogen and oxygen atoms in total. The number of carbonyl (C=O) groups excluding carboxylic acids is 2. The third kappa shape index (κ3) is 4.61. The predicted molar refractivity (Wildman–Crippen MR) is 124 cm³/mol. The van der Waals surface area contributed by atoms with E-state index in [1.165, 1.54) is 34.8 Å². The molecule has 1 aliphatic rings. The molecule has 1 aliphatic heterocycles. The van der Waals surface area contributed by atoms with E-state index in [0.717, 1.165) is 25.7 Å². The highest BCUT2D eigenvalue weighted by Gasteiger charge is 2.33. The van der Waals surface area contributed by atoms with E-state index in [2.05, 4.69) is 26.2 Å². The lowest BCUT2D eigenvalue weighted by molar-refractivity contribution is 0.0732. The number of hydrogen-bond donors (Lipinski definition) is 1. The van der Waals surface area contributed by atoms with Gasteiger partial charge < -0.3 is 10.2 Å². The topological polar surface area (TPSA) is 62.3 Å². The van der Waals surface area contributed by atoms with Crippen molar-refractivity contribution in [2.24, 2.45) is 0 Å². The Hall–Kier alpha value is -1.75. The molecule has 0 spiro atoms. The lowest BCUT2D eigenvalue weighted by Crippen LogP contribution is -2.44. The zero-order valence-corrected chi connectivity index (χ0v) is 19.9. The van der Waals surface area contributed by atoms with Crippen LogP contribution in [0.25, 0.3) is 10.4 Å². The number of thioether (sulfide) groups is 1. The Bertz CT molecular complexity index is 1080. The van der Waals surface area contributed by atoms with E-state index in [1.54, 1.807) is 34.9 Å². The number of halogens is 2. The molecule has 0 bridgehead atoms. The van der Waals surface area contributed by atoms with Gasteiger partial charge in [0.2, 0.25) is 0 Å². The average Bonchev–Trinajstić information content (AvgIpc) is 3.46. The van der Waals surface area contributed by atoms with Crippen LogP contribution in [0.2, 0.25) is 0 Å². The number of rotatable bonds is 5. The first kappa shape index (κ1) is 21.5. The lowest BCUT2D eigenvalue weighted by Gasteiger charge is -2.23. The number of nitrogens with zero attached hydrogens (tertiary/aromatic N) is 2. The van der Waals surface area contributed by atoms with Crippen molar-refractivity contribution in [2.45, 2.75) is 13.0 Å². The fourth-order valence-electron chi connectivity index (χ4n) is 3.11. The van der Waals surface area contributed by atoms with Crippen LogP contribution in [-0.4, -0.2) is 45.9 Å². The summed E-state index contributed by atoms with van der Waals surface area (Å²) in [5, 5.41) is 5.57. The van der Waals surface area contributed by atoms with E-state index in [0.29, 0.717) is 23.0 Å². The van der Waals surface area contributed by atoms with Gasteiger partial charge in [-0.2, -0.15) is 0 Å². The maximum Gasteiger partial charge on any atom is 0.275 e. The maximum atomic E-state index is 13.3. The van der Waals surface area contributed by atoms with Crippen molar-refractivity contribution in [3.05, 3.63) is 61.6 Å². The van der Waals surface area contributed by atoms with Crippen LogP contribution in [0.5, 0.6) is 0 Å².